The Morgan fingerprint density at radius 1 is 1.06 bits per heavy atom. The summed E-state index contributed by atoms with van der Waals surface area (Å²) >= 11 is 0. The van der Waals surface area contributed by atoms with Crippen molar-refractivity contribution in [2.24, 2.45) is 5.92 Å². The molecule has 0 radical (unpaired) electrons. The van der Waals surface area contributed by atoms with Crippen LogP contribution in [0.2, 0.25) is 0 Å². The SMILES string of the molecule is Cc1nc(Oc2ccccc2F)nc(C)c1NC(=O)C1CC(=O)N(c2ccc(F)cc2)C1. The smallest absolute Gasteiger partial charge is 0.322 e. The molecule has 0 bridgehead atoms. The van der Waals surface area contributed by atoms with Crippen molar-refractivity contribution in [1.29, 1.82) is 0 Å². The molecule has 1 aliphatic heterocycles. The van der Waals surface area contributed by atoms with E-state index in [1.807, 2.05) is 0 Å². The third-order valence-electron chi connectivity index (χ3n) is 5.17. The van der Waals surface area contributed by atoms with Gasteiger partial charge in [-0.05, 0) is 50.2 Å². The molecule has 1 aromatic heterocycles. The monoisotopic (exact) mass is 438 g/mol. The van der Waals surface area contributed by atoms with Crippen LogP contribution in [-0.2, 0) is 9.59 Å². The molecular formula is C23H20F2N4O3. The number of carbonyl (C=O) groups excluding carboxylic acids is 2. The molecule has 164 valence electrons. The van der Waals surface area contributed by atoms with E-state index in [4.69, 9.17) is 4.74 Å². The van der Waals surface area contributed by atoms with Crippen LogP contribution in [0.25, 0.3) is 0 Å². The molecule has 0 aliphatic carbocycles. The molecule has 2 heterocycles. The van der Waals surface area contributed by atoms with E-state index in [0.717, 1.165) is 0 Å². The average molecular weight is 438 g/mol. The Labute approximate surface area is 183 Å². The fourth-order valence-electron chi connectivity index (χ4n) is 3.52. The molecule has 3 aromatic rings. The Bertz CT molecular complexity index is 1160. The number of nitrogens with zero attached hydrogens (tertiary/aromatic N) is 3. The predicted molar refractivity (Wildman–Crippen MR) is 113 cm³/mol. The van der Waals surface area contributed by atoms with E-state index in [1.54, 1.807) is 26.0 Å². The second kappa shape index (κ2) is 8.70. The van der Waals surface area contributed by atoms with Crippen molar-refractivity contribution in [3.05, 3.63) is 71.6 Å². The summed E-state index contributed by atoms with van der Waals surface area (Å²) in [5.41, 5.74) is 1.83. The van der Waals surface area contributed by atoms with Crippen LogP contribution in [-0.4, -0.2) is 28.3 Å². The van der Waals surface area contributed by atoms with Gasteiger partial charge >= 0.3 is 6.01 Å². The van der Waals surface area contributed by atoms with E-state index in [1.165, 1.54) is 41.3 Å². The summed E-state index contributed by atoms with van der Waals surface area (Å²) in [4.78, 5) is 35.1. The van der Waals surface area contributed by atoms with Crippen molar-refractivity contribution in [3.63, 3.8) is 0 Å². The summed E-state index contributed by atoms with van der Waals surface area (Å²) in [6.07, 6.45) is 0.0383. The van der Waals surface area contributed by atoms with Crippen LogP contribution in [0.5, 0.6) is 11.8 Å². The standard InChI is InChI=1S/C23H20F2N4O3/c1-13-21(14(2)27-23(26-13)32-19-6-4-3-5-18(19)25)28-22(31)15-11-20(30)29(12-15)17-9-7-16(24)8-10-17/h3-10,15H,11-12H2,1-2H3,(H,28,31). The van der Waals surface area contributed by atoms with E-state index in [9.17, 15) is 18.4 Å². The first-order chi connectivity index (χ1) is 15.3. The molecule has 2 amide bonds. The first-order valence-electron chi connectivity index (χ1n) is 9.96. The molecular weight excluding hydrogens is 418 g/mol. The molecule has 4 rings (SSSR count). The number of aromatic nitrogens is 2. The van der Waals surface area contributed by atoms with Crippen LogP contribution in [0.15, 0.2) is 48.5 Å². The minimum Gasteiger partial charge on any atom is -0.421 e. The quantitative estimate of drug-likeness (QED) is 0.647. The highest BCUT2D eigenvalue weighted by atomic mass is 19.1. The number of halogens is 2. The molecule has 7 nitrogen and oxygen atoms in total. The van der Waals surface area contributed by atoms with Crippen molar-refractivity contribution in [1.82, 2.24) is 9.97 Å². The van der Waals surface area contributed by atoms with E-state index in [2.05, 4.69) is 15.3 Å². The molecule has 1 saturated heterocycles. The third kappa shape index (κ3) is 4.41. The maximum Gasteiger partial charge on any atom is 0.322 e. The van der Waals surface area contributed by atoms with Crippen molar-refractivity contribution in [3.8, 4) is 11.8 Å². The highest BCUT2D eigenvalue weighted by Crippen LogP contribution is 2.28. The maximum absolute atomic E-state index is 13.8. The Kier molecular flexibility index (Phi) is 5.81. The zero-order chi connectivity index (χ0) is 22.8. The summed E-state index contributed by atoms with van der Waals surface area (Å²) in [6.45, 7) is 3.52. The Morgan fingerprint density at radius 3 is 2.38 bits per heavy atom. The van der Waals surface area contributed by atoms with Gasteiger partial charge in [0.2, 0.25) is 11.8 Å². The first kappa shape index (κ1) is 21.4. The van der Waals surface area contributed by atoms with Gasteiger partial charge in [-0.3, -0.25) is 9.59 Å². The normalized spacial score (nSPS) is 15.7. The highest BCUT2D eigenvalue weighted by Gasteiger charge is 2.35. The lowest BCUT2D eigenvalue weighted by Crippen LogP contribution is -2.28. The molecule has 1 fully saturated rings. The van der Waals surface area contributed by atoms with Gasteiger partial charge in [-0.2, -0.15) is 9.97 Å². The number of para-hydroxylation sites is 1. The molecule has 0 saturated carbocycles. The van der Waals surface area contributed by atoms with Crippen LogP contribution < -0.4 is 15.0 Å². The minimum atomic E-state index is -0.583. The number of anilines is 2. The fraction of sp³-hybridized carbons (Fsp3) is 0.217. The van der Waals surface area contributed by atoms with Crippen LogP contribution >= 0.6 is 0 Å². The summed E-state index contributed by atoms with van der Waals surface area (Å²) in [5.74, 6) is -2.09. The molecule has 32 heavy (non-hydrogen) atoms. The summed E-state index contributed by atoms with van der Waals surface area (Å²) < 4.78 is 32.4. The van der Waals surface area contributed by atoms with Gasteiger partial charge in [0.05, 0.1) is 23.0 Å². The van der Waals surface area contributed by atoms with Gasteiger partial charge in [0.15, 0.2) is 11.6 Å². The zero-order valence-corrected chi connectivity index (χ0v) is 17.4. The largest absolute Gasteiger partial charge is 0.421 e. The topological polar surface area (TPSA) is 84.4 Å². The summed E-state index contributed by atoms with van der Waals surface area (Å²) in [7, 11) is 0. The fourth-order valence-corrected chi connectivity index (χ4v) is 3.52. The van der Waals surface area contributed by atoms with Crippen LogP contribution in [0.3, 0.4) is 0 Å². The lowest BCUT2D eigenvalue weighted by Gasteiger charge is -2.17. The molecule has 0 spiro atoms. The lowest BCUT2D eigenvalue weighted by atomic mass is 10.1. The van der Waals surface area contributed by atoms with E-state index in [0.29, 0.717) is 22.8 Å². The number of ether oxygens (including phenoxy) is 1. The molecule has 1 unspecified atom stereocenters. The predicted octanol–water partition coefficient (Wildman–Crippen LogP) is 4.16. The van der Waals surface area contributed by atoms with Crippen molar-refractivity contribution in [2.45, 2.75) is 20.3 Å². The van der Waals surface area contributed by atoms with Crippen LogP contribution in [0, 0.1) is 31.4 Å². The van der Waals surface area contributed by atoms with Gasteiger partial charge in [0.1, 0.15) is 5.82 Å². The van der Waals surface area contributed by atoms with Gasteiger partial charge in [-0.1, -0.05) is 12.1 Å². The van der Waals surface area contributed by atoms with Gasteiger partial charge < -0.3 is 15.0 Å². The number of carbonyl (C=O) groups is 2. The van der Waals surface area contributed by atoms with Crippen LogP contribution in [0.1, 0.15) is 17.8 Å². The summed E-state index contributed by atoms with van der Waals surface area (Å²) in [6, 6.07) is 11.4. The Morgan fingerprint density at radius 2 is 1.72 bits per heavy atom. The number of benzene rings is 2. The summed E-state index contributed by atoms with van der Waals surface area (Å²) in [5, 5.41) is 2.79. The minimum absolute atomic E-state index is 0.00608. The van der Waals surface area contributed by atoms with E-state index >= 15 is 0 Å². The molecule has 1 atom stereocenters. The molecule has 2 aromatic carbocycles. The number of rotatable bonds is 5. The van der Waals surface area contributed by atoms with Gasteiger partial charge in [0.25, 0.3) is 0 Å². The molecule has 9 heteroatoms. The first-order valence-corrected chi connectivity index (χ1v) is 9.96. The van der Waals surface area contributed by atoms with E-state index < -0.39 is 17.6 Å². The van der Waals surface area contributed by atoms with Crippen molar-refractivity contribution >= 4 is 23.2 Å². The molecule has 1 N–H and O–H groups in total. The number of nitrogens with one attached hydrogen (secondary N) is 1. The Hall–Kier alpha value is -3.88. The maximum atomic E-state index is 13.8. The van der Waals surface area contributed by atoms with E-state index in [-0.39, 0.29) is 36.5 Å². The number of aryl methyl sites for hydroxylation is 2. The second-order valence-electron chi connectivity index (χ2n) is 7.46. The van der Waals surface area contributed by atoms with Crippen molar-refractivity contribution in [2.75, 3.05) is 16.8 Å². The average Bonchev–Trinajstić information content (AvgIpc) is 3.14. The number of hydrogen-bond acceptors (Lipinski definition) is 5. The zero-order valence-electron chi connectivity index (χ0n) is 17.4. The number of amides is 2. The highest BCUT2D eigenvalue weighted by molar-refractivity contribution is 6.03. The van der Waals surface area contributed by atoms with Gasteiger partial charge in [-0.15, -0.1) is 0 Å². The Balaban J connectivity index is 1.47. The third-order valence-corrected chi connectivity index (χ3v) is 5.17. The molecule has 1 aliphatic rings. The lowest BCUT2D eigenvalue weighted by molar-refractivity contribution is -0.122. The number of hydrogen-bond donors (Lipinski definition) is 1. The van der Waals surface area contributed by atoms with Crippen LogP contribution in [0.4, 0.5) is 20.2 Å². The van der Waals surface area contributed by atoms with Gasteiger partial charge in [-0.25, -0.2) is 8.78 Å². The van der Waals surface area contributed by atoms with Gasteiger partial charge in [0, 0.05) is 18.7 Å². The second-order valence-corrected chi connectivity index (χ2v) is 7.46. The van der Waals surface area contributed by atoms with Crippen molar-refractivity contribution < 1.29 is 23.1 Å².